The largest absolute Gasteiger partial charge is 0.486 e. The molecule has 24 heavy (non-hydrogen) atoms. The highest BCUT2D eigenvalue weighted by Crippen LogP contribution is 2.35. The van der Waals surface area contributed by atoms with E-state index in [2.05, 4.69) is 22.4 Å². The van der Waals surface area contributed by atoms with E-state index in [1.165, 1.54) is 0 Å². The number of benzene rings is 2. The van der Waals surface area contributed by atoms with Crippen LogP contribution in [0, 0.1) is 0 Å². The second-order valence-corrected chi connectivity index (χ2v) is 5.77. The van der Waals surface area contributed by atoms with Gasteiger partial charge in [-0.25, -0.2) is 4.68 Å². The molecule has 0 atom stereocenters. The van der Waals surface area contributed by atoms with Crippen LogP contribution >= 0.6 is 0 Å². The first-order valence-electron chi connectivity index (χ1n) is 7.91. The van der Waals surface area contributed by atoms with Crippen molar-refractivity contribution in [1.82, 2.24) is 15.0 Å². The van der Waals surface area contributed by atoms with Gasteiger partial charge in [-0.1, -0.05) is 29.5 Å². The highest BCUT2D eigenvalue weighted by atomic mass is 16.6. The first-order valence-corrected chi connectivity index (χ1v) is 7.91. The number of hydrogen-bond acceptors (Lipinski definition) is 5. The van der Waals surface area contributed by atoms with Gasteiger partial charge in [0.25, 0.3) is 0 Å². The Labute approximate surface area is 138 Å². The van der Waals surface area contributed by atoms with Gasteiger partial charge in [0.1, 0.15) is 24.6 Å². The van der Waals surface area contributed by atoms with Gasteiger partial charge in [-0.05, 0) is 17.7 Å². The van der Waals surface area contributed by atoms with E-state index < -0.39 is 0 Å². The highest BCUT2D eigenvalue weighted by Gasteiger charge is 2.23. The molecule has 2 aliphatic heterocycles. The summed E-state index contributed by atoms with van der Waals surface area (Å²) in [5.41, 5.74) is 4.95. The molecule has 0 aliphatic carbocycles. The van der Waals surface area contributed by atoms with E-state index in [0.717, 1.165) is 39.7 Å². The van der Waals surface area contributed by atoms with Crippen LogP contribution < -0.4 is 9.47 Å². The second kappa shape index (κ2) is 5.35. The molecule has 3 aromatic rings. The van der Waals surface area contributed by atoms with Gasteiger partial charge >= 0.3 is 0 Å². The van der Waals surface area contributed by atoms with E-state index in [-0.39, 0.29) is 0 Å². The lowest BCUT2D eigenvalue weighted by molar-refractivity contribution is 0.107. The lowest BCUT2D eigenvalue weighted by Crippen LogP contribution is -2.15. The Morgan fingerprint density at radius 3 is 2.75 bits per heavy atom. The van der Waals surface area contributed by atoms with Crippen LogP contribution in [0.2, 0.25) is 0 Å². The molecule has 2 aliphatic rings. The van der Waals surface area contributed by atoms with E-state index in [9.17, 15) is 0 Å². The molecule has 0 N–H and O–H groups in total. The van der Waals surface area contributed by atoms with E-state index in [4.69, 9.17) is 14.2 Å². The van der Waals surface area contributed by atoms with Crippen molar-refractivity contribution in [2.45, 2.75) is 13.2 Å². The Hall–Kier alpha value is -2.86. The molecule has 120 valence electrons. The Morgan fingerprint density at radius 2 is 1.79 bits per heavy atom. The Balaban J connectivity index is 1.69. The number of nitrogens with zero attached hydrogens (tertiary/aromatic N) is 3. The monoisotopic (exact) mass is 321 g/mol. The molecule has 3 heterocycles. The summed E-state index contributed by atoms with van der Waals surface area (Å²) in [5, 5.41) is 8.67. The summed E-state index contributed by atoms with van der Waals surface area (Å²) >= 11 is 0. The topological polar surface area (TPSA) is 58.4 Å². The molecule has 0 unspecified atom stereocenters. The van der Waals surface area contributed by atoms with Gasteiger partial charge in [0.2, 0.25) is 0 Å². The second-order valence-electron chi connectivity index (χ2n) is 5.77. The van der Waals surface area contributed by atoms with Gasteiger partial charge in [0.05, 0.1) is 18.9 Å². The average Bonchev–Trinajstić information content (AvgIpc) is 2.97. The number of fused-ring (bicyclic) bond motifs is 4. The summed E-state index contributed by atoms with van der Waals surface area (Å²) in [4.78, 5) is 0. The van der Waals surface area contributed by atoms with Crippen LogP contribution in [0.1, 0.15) is 11.3 Å². The lowest BCUT2D eigenvalue weighted by Gasteiger charge is -2.19. The van der Waals surface area contributed by atoms with E-state index in [1.54, 1.807) is 0 Å². The molecule has 0 spiro atoms. The fourth-order valence-electron chi connectivity index (χ4n) is 3.16. The van der Waals surface area contributed by atoms with Crippen molar-refractivity contribution < 1.29 is 14.2 Å². The number of aromatic nitrogens is 3. The van der Waals surface area contributed by atoms with E-state index >= 15 is 0 Å². The number of hydrogen-bond donors (Lipinski definition) is 0. The minimum Gasteiger partial charge on any atom is -0.486 e. The highest BCUT2D eigenvalue weighted by molar-refractivity contribution is 5.69. The molecule has 0 saturated carbocycles. The van der Waals surface area contributed by atoms with Crippen LogP contribution in [0.25, 0.3) is 16.9 Å². The zero-order valence-corrected chi connectivity index (χ0v) is 12.9. The minimum atomic E-state index is 0.453. The first kappa shape index (κ1) is 13.6. The maximum atomic E-state index is 5.73. The standard InChI is InChI=1S/C18H15N3O3/c1-2-4-14-12(3-1)10-22-11-15-18(14)21(20-19-15)13-5-6-16-17(9-13)24-8-7-23-16/h1-6,9H,7-8,10-11H2. The summed E-state index contributed by atoms with van der Waals surface area (Å²) in [6.45, 7) is 2.17. The van der Waals surface area contributed by atoms with Crippen molar-refractivity contribution in [2.75, 3.05) is 13.2 Å². The molecule has 0 fully saturated rings. The van der Waals surface area contributed by atoms with Crippen LogP contribution in [0.15, 0.2) is 42.5 Å². The van der Waals surface area contributed by atoms with Crippen molar-refractivity contribution in [2.24, 2.45) is 0 Å². The molecular formula is C18H15N3O3. The Morgan fingerprint density at radius 1 is 0.917 bits per heavy atom. The third-order valence-electron chi connectivity index (χ3n) is 4.28. The molecule has 6 nitrogen and oxygen atoms in total. The molecule has 0 bridgehead atoms. The fraction of sp³-hybridized carbons (Fsp3) is 0.222. The summed E-state index contributed by atoms with van der Waals surface area (Å²) in [5.74, 6) is 1.50. The summed E-state index contributed by atoms with van der Waals surface area (Å²) < 4.78 is 18.9. The molecule has 6 heteroatoms. The zero-order chi connectivity index (χ0) is 15.9. The van der Waals surface area contributed by atoms with Crippen LogP contribution in [-0.2, 0) is 18.0 Å². The molecule has 0 amide bonds. The minimum absolute atomic E-state index is 0.453. The normalized spacial score (nSPS) is 15.3. The smallest absolute Gasteiger partial charge is 0.163 e. The number of ether oxygens (including phenoxy) is 3. The summed E-state index contributed by atoms with van der Waals surface area (Å²) in [6.07, 6.45) is 0. The maximum absolute atomic E-state index is 5.73. The third-order valence-corrected chi connectivity index (χ3v) is 4.28. The van der Waals surface area contributed by atoms with Gasteiger partial charge in [-0.2, -0.15) is 0 Å². The van der Waals surface area contributed by atoms with E-state index in [0.29, 0.717) is 26.4 Å². The Kier molecular flexibility index (Phi) is 3.02. The van der Waals surface area contributed by atoms with Crippen molar-refractivity contribution in [3.8, 4) is 28.4 Å². The van der Waals surface area contributed by atoms with Crippen molar-refractivity contribution in [3.63, 3.8) is 0 Å². The van der Waals surface area contributed by atoms with Gasteiger partial charge in [0.15, 0.2) is 11.5 Å². The number of rotatable bonds is 1. The lowest BCUT2D eigenvalue weighted by atomic mass is 10.0. The quantitative estimate of drug-likeness (QED) is 0.690. The van der Waals surface area contributed by atoms with Crippen LogP contribution in [0.5, 0.6) is 11.5 Å². The molecular weight excluding hydrogens is 306 g/mol. The maximum Gasteiger partial charge on any atom is 0.163 e. The molecule has 2 aromatic carbocycles. The SMILES string of the molecule is c1ccc2c(c1)COCc1nnn(-c3ccc4c(c3)OCCO4)c1-2. The molecule has 5 rings (SSSR count). The fourth-order valence-corrected chi connectivity index (χ4v) is 3.16. The molecule has 1 aromatic heterocycles. The van der Waals surface area contributed by atoms with Gasteiger partial charge in [-0.3, -0.25) is 0 Å². The van der Waals surface area contributed by atoms with Gasteiger partial charge < -0.3 is 14.2 Å². The molecule has 0 saturated heterocycles. The predicted octanol–water partition coefficient (Wildman–Crippen LogP) is 2.74. The van der Waals surface area contributed by atoms with Crippen LogP contribution in [0.4, 0.5) is 0 Å². The van der Waals surface area contributed by atoms with E-state index in [1.807, 2.05) is 35.0 Å². The summed E-state index contributed by atoms with van der Waals surface area (Å²) in [7, 11) is 0. The van der Waals surface area contributed by atoms with Crippen molar-refractivity contribution >= 4 is 0 Å². The average molecular weight is 321 g/mol. The van der Waals surface area contributed by atoms with Crippen molar-refractivity contribution in [1.29, 1.82) is 0 Å². The summed E-state index contributed by atoms with van der Waals surface area (Å²) in [6, 6.07) is 14.0. The molecule has 0 radical (unpaired) electrons. The van der Waals surface area contributed by atoms with Gasteiger partial charge in [-0.15, -0.1) is 5.10 Å². The van der Waals surface area contributed by atoms with Crippen LogP contribution in [0.3, 0.4) is 0 Å². The van der Waals surface area contributed by atoms with Crippen LogP contribution in [-0.4, -0.2) is 28.2 Å². The zero-order valence-electron chi connectivity index (χ0n) is 12.9. The third kappa shape index (κ3) is 2.07. The van der Waals surface area contributed by atoms with Gasteiger partial charge in [0, 0.05) is 11.6 Å². The van der Waals surface area contributed by atoms with Crippen molar-refractivity contribution in [3.05, 3.63) is 53.7 Å². The first-order chi connectivity index (χ1) is 11.9. The predicted molar refractivity (Wildman–Crippen MR) is 86.3 cm³/mol. The Bertz CT molecular complexity index is 920.